The average molecular weight is 258 g/mol. The normalized spacial score (nSPS) is 18.7. The smallest absolute Gasteiger partial charge is 0.0518 e. The van der Waals surface area contributed by atoms with Gasteiger partial charge in [-0.15, -0.1) is 0 Å². The van der Waals surface area contributed by atoms with Crippen LogP contribution in [0.1, 0.15) is 26.7 Å². The molecule has 0 unspecified atom stereocenters. The van der Waals surface area contributed by atoms with Crippen molar-refractivity contribution in [3.63, 3.8) is 0 Å². The van der Waals surface area contributed by atoms with Crippen LogP contribution in [-0.4, -0.2) is 75.5 Å². The molecular formula is C14H30N2O2. The molecule has 0 aromatic heterocycles. The lowest BCUT2D eigenvalue weighted by Gasteiger charge is -2.32. The maximum Gasteiger partial charge on any atom is 0.0518 e. The van der Waals surface area contributed by atoms with Gasteiger partial charge < -0.3 is 19.3 Å². The molecule has 0 bridgehead atoms. The summed E-state index contributed by atoms with van der Waals surface area (Å²) in [5, 5.41) is 0. The van der Waals surface area contributed by atoms with Crippen LogP contribution in [0, 0.1) is 0 Å². The first-order valence-electron chi connectivity index (χ1n) is 7.28. The van der Waals surface area contributed by atoms with Gasteiger partial charge in [-0.05, 0) is 33.7 Å². The molecule has 0 amide bonds. The van der Waals surface area contributed by atoms with E-state index < -0.39 is 0 Å². The van der Waals surface area contributed by atoms with Gasteiger partial charge in [0.1, 0.15) is 0 Å². The molecule has 108 valence electrons. The molecule has 0 N–H and O–H groups in total. The van der Waals surface area contributed by atoms with E-state index in [0.717, 1.165) is 32.7 Å². The van der Waals surface area contributed by atoms with E-state index in [9.17, 15) is 0 Å². The van der Waals surface area contributed by atoms with Crippen LogP contribution in [0.25, 0.3) is 0 Å². The van der Waals surface area contributed by atoms with Crippen LogP contribution in [0.3, 0.4) is 0 Å². The van der Waals surface area contributed by atoms with E-state index in [1.165, 1.54) is 32.7 Å². The Bertz CT molecular complexity index is 192. The van der Waals surface area contributed by atoms with Crippen molar-refractivity contribution >= 4 is 0 Å². The van der Waals surface area contributed by atoms with Crippen LogP contribution in [0.2, 0.25) is 0 Å². The largest absolute Gasteiger partial charge is 0.381 e. The number of nitrogens with zero attached hydrogens (tertiary/aromatic N) is 2. The van der Waals surface area contributed by atoms with Crippen molar-refractivity contribution in [3.8, 4) is 0 Å². The first-order valence-corrected chi connectivity index (χ1v) is 7.28. The summed E-state index contributed by atoms with van der Waals surface area (Å²) in [5.41, 5.74) is 0. The van der Waals surface area contributed by atoms with Gasteiger partial charge in [-0.1, -0.05) is 0 Å². The van der Waals surface area contributed by atoms with Crippen LogP contribution in [0.4, 0.5) is 0 Å². The highest BCUT2D eigenvalue weighted by Gasteiger charge is 2.12. The third-order valence-corrected chi connectivity index (χ3v) is 3.24. The van der Waals surface area contributed by atoms with Crippen molar-refractivity contribution < 1.29 is 9.47 Å². The number of hydrogen-bond acceptors (Lipinski definition) is 4. The van der Waals surface area contributed by atoms with Crippen LogP contribution < -0.4 is 0 Å². The average Bonchev–Trinajstić information content (AvgIpc) is 2.34. The molecule has 4 heteroatoms. The van der Waals surface area contributed by atoms with Gasteiger partial charge in [-0.25, -0.2) is 0 Å². The fraction of sp³-hybridized carbons (Fsp3) is 1.00. The zero-order valence-electron chi connectivity index (χ0n) is 12.4. The Morgan fingerprint density at radius 3 is 2.28 bits per heavy atom. The van der Waals surface area contributed by atoms with Crippen LogP contribution in [0.15, 0.2) is 0 Å². The lowest BCUT2D eigenvalue weighted by molar-refractivity contribution is 0.0484. The van der Waals surface area contributed by atoms with Gasteiger partial charge >= 0.3 is 0 Å². The minimum atomic E-state index is 0.335. The highest BCUT2D eigenvalue weighted by Crippen LogP contribution is 2.00. The van der Waals surface area contributed by atoms with Crippen LogP contribution in [-0.2, 0) is 9.47 Å². The van der Waals surface area contributed by atoms with Crippen molar-refractivity contribution in [2.75, 3.05) is 59.6 Å². The number of likely N-dealkylation sites (N-methyl/N-ethyl adjacent to an activating group) is 1. The number of hydrogen-bond donors (Lipinski definition) is 0. The van der Waals surface area contributed by atoms with E-state index in [1.54, 1.807) is 0 Å². The number of rotatable bonds is 9. The van der Waals surface area contributed by atoms with Gasteiger partial charge in [0.05, 0.1) is 6.10 Å². The zero-order valence-corrected chi connectivity index (χ0v) is 12.4. The zero-order chi connectivity index (χ0) is 13.2. The summed E-state index contributed by atoms with van der Waals surface area (Å²) in [6, 6.07) is 0. The van der Waals surface area contributed by atoms with Crippen molar-refractivity contribution in [1.29, 1.82) is 0 Å². The summed E-state index contributed by atoms with van der Waals surface area (Å²) in [4.78, 5) is 4.92. The minimum absolute atomic E-state index is 0.335. The Hall–Kier alpha value is -0.160. The Balaban J connectivity index is 1.81. The molecule has 1 aliphatic rings. The van der Waals surface area contributed by atoms with Crippen molar-refractivity contribution in [2.24, 2.45) is 0 Å². The molecule has 1 saturated heterocycles. The van der Waals surface area contributed by atoms with Gasteiger partial charge in [0.15, 0.2) is 0 Å². The lowest BCUT2D eigenvalue weighted by Crippen LogP contribution is -2.44. The maximum absolute atomic E-state index is 5.61. The van der Waals surface area contributed by atoms with Gasteiger partial charge in [0, 0.05) is 52.5 Å². The summed E-state index contributed by atoms with van der Waals surface area (Å²) >= 11 is 0. The maximum atomic E-state index is 5.61. The Morgan fingerprint density at radius 1 is 0.944 bits per heavy atom. The summed E-state index contributed by atoms with van der Waals surface area (Å²) in [6.45, 7) is 12.7. The highest BCUT2D eigenvalue weighted by molar-refractivity contribution is 4.68. The summed E-state index contributed by atoms with van der Waals surface area (Å²) in [5.74, 6) is 0. The number of ether oxygens (including phenoxy) is 2. The third-order valence-electron chi connectivity index (χ3n) is 3.24. The second-order valence-electron chi connectivity index (χ2n) is 5.38. The third kappa shape index (κ3) is 8.03. The Labute approximate surface area is 112 Å². The minimum Gasteiger partial charge on any atom is -0.381 e. The van der Waals surface area contributed by atoms with Crippen LogP contribution in [0.5, 0.6) is 0 Å². The van der Waals surface area contributed by atoms with E-state index in [-0.39, 0.29) is 0 Å². The fourth-order valence-corrected chi connectivity index (χ4v) is 2.04. The molecule has 0 radical (unpaired) electrons. The van der Waals surface area contributed by atoms with E-state index in [2.05, 4.69) is 30.7 Å². The second kappa shape index (κ2) is 9.73. The fourth-order valence-electron chi connectivity index (χ4n) is 2.04. The molecule has 0 saturated carbocycles. The quantitative estimate of drug-likeness (QED) is 0.585. The molecule has 1 fully saturated rings. The predicted octanol–water partition coefficient (Wildman–Crippen LogP) is 1.46. The van der Waals surface area contributed by atoms with Gasteiger partial charge in [-0.2, -0.15) is 0 Å². The van der Waals surface area contributed by atoms with Crippen molar-refractivity contribution in [3.05, 3.63) is 0 Å². The molecule has 4 nitrogen and oxygen atoms in total. The molecule has 0 aromatic rings. The van der Waals surface area contributed by atoms with Crippen molar-refractivity contribution in [2.45, 2.75) is 32.8 Å². The molecule has 18 heavy (non-hydrogen) atoms. The first-order chi connectivity index (χ1) is 8.68. The molecule has 0 aliphatic carbocycles. The summed E-state index contributed by atoms with van der Waals surface area (Å²) < 4.78 is 11.1. The SMILES string of the molecule is CC(C)OCCCOCCCN1CCN(C)CC1. The molecule has 0 aromatic carbocycles. The highest BCUT2D eigenvalue weighted by atomic mass is 16.5. The van der Waals surface area contributed by atoms with Gasteiger partial charge in [0.2, 0.25) is 0 Å². The second-order valence-corrected chi connectivity index (χ2v) is 5.38. The van der Waals surface area contributed by atoms with E-state index in [1.807, 2.05) is 0 Å². The van der Waals surface area contributed by atoms with Crippen molar-refractivity contribution in [1.82, 2.24) is 9.80 Å². The van der Waals surface area contributed by atoms with E-state index in [0.29, 0.717) is 6.10 Å². The van der Waals surface area contributed by atoms with Gasteiger partial charge in [0.25, 0.3) is 0 Å². The topological polar surface area (TPSA) is 24.9 Å². The molecule has 1 rings (SSSR count). The predicted molar refractivity (Wildman–Crippen MR) is 75.1 cm³/mol. The van der Waals surface area contributed by atoms with E-state index in [4.69, 9.17) is 9.47 Å². The molecular weight excluding hydrogens is 228 g/mol. The van der Waals surface area contributed by atoms with Gasteiger partial charge in [-0.3, -0.25) is 0 Å². The standard InChI is InChI=1S/C14H30N2O2/c1-14(2)18-13-5-12-17-11-4-6-16-9-7-15(3)8-10-16/h14H,4-13H2,1-3H3. The molecule has 0 atom stereocenters. The monoisotopic (exact) mass is 258 g/mol. The van der Waals surface area contributed by atoms with Crippen LogP contribution >= 0.6 is 0 Å². The lowest BCUT2D eigenvalue weighted by atomic mass is 10.3. The molecule has 0 spiro atoms. The first kappa shape index (κ1) is 15.9. The number of piperazine rings is 1. The molecule has 1 aliphatic heterocycles. The molecule has 1 heterocycles. The Kier molecular flexibility index (Phi) is 8.59. The summed E-state index contributed by atoms with van der Waals surface area (Å²) in [7, 11) is 2.19. The van der Waals surface area contributed by atoms with E-state index >= 15 is 0 Å². The Morgan fingerprint density at radius 2 is 1.61 bits per heavy atom. The summed E-state index contributed by atoms with van der Waals surface area (Å²) in [6.07, 6.45) is 2.49.